The first-order chi connectivity index (χ1) is 8.67. The topological polar surface area (TPSA) is 26.3 Å². The van der Waals surface area contributed by atoms with E-state index in [0.717, 1.165) is 29.7 Å². The molecule has 98 valence electrons. The van der Waals surface area contributed by atoms with E-state index >= 15 is 0 Å². The number of carbonyl (C=O) groups excluding carboxylic acids is 1. The summed E-state index contributed by atoms with van der Waals surface area (Å²) < 4.78 is 5.18. The van der Waals surface area contributed by atoms with Gasteiger partial charge < -0.3 is 4.74 Å². The van der Waals surface area contributed by atoms with Crippen molar-refractivity contribution in [3.8, 4) is 5.75 Å². The van der Waals surface area contributed by atoms with E-state index in [4.69, 9.17) is 4.74 Å². The van der Waals surface area contributed by atoms with Crippen LogP contribution in [0.3, 0.4) is 0 Å². The quantitative estimate of drug-likeness (QED) is 0.531. The summed E-state index contributed by atoms with van der Waals surface area (Å²) in [5.74, 6) is 0.981. The second-order valence-electron chi connectivity index (χ2n) is 4.46. The highest BCUT2D eigenvalue weighted by atomic mass is 16.5. The lowest BCUT2D eigenvalue weighted by Gasteiger charge is -2.05. The van der Waals surface area contributed by atoms with Crippen LogP contribution in [0, 0.1) is 0 Å². The van der Waals surface area contributed by atoms with Crippen molar-refractivity contribution in [2.45, 2.75) is 39.5 Å². The van der Waals surface area contributed by atoms with E-state index in [1.54, 1.807) is 14.0 Å². The Bertz CT molecular complexity index is 419. The molecule has 0 atom stereocenters. The molecule has 0 unspecified atom stereocenters. The molecule has 0 N–H and O–H groups in total. The molecule has 0 fully saturated rings. The van der Waals surface area contributed by atoms with Gasteiger partial charge in [-0.3, -0.25) is 4.79 Å². The Morgan fingerprint density at radius 1 is 1.33 bits per heavy atom. The Labute approximate surface area is 110 Å². The lowest BCUT2D eigenvalue weighted by Crippen LogP contribution is -1.97. The van der Waals surface area contributed by atoms with E-state index in [1.807, 2.05) is 30.3 Å². The summed E-state index contributed by atoms with van der Waals surface area (Å²) >= 11 is 0. The zero-order valence-corrected chi connectivity index (χ0v) is 11.5. The van der Waals surface area contributed by atoms with E-state index < -0.39 is 0 Å². The van der Waals surface area contributed by atoms with Crippen molar-refractivity contribution >= 4 is 11.9 Å². The van der Waals surface area contributed by atoms with Gasteiger partial charge in [-0.1, -0.05) is 31.9 Å². The van der Waals surface area contributed by atoms with Crippen LogP contribution in [-0.4, -0.2) is 12.9 Å². The van der Waals surface area contributed by atoms with Crippen LogP contribution >= 0.6 is 0 Å². The second-order valence-corrected chi connectivity index (χ2v) is 4.46. The fourth-order valence-electron chi connectivity index (χ4n) is 1.85. The standard InChI is InChI=1S/C16H22O2/c1-4-5-6-9-15(13(2)17)11-14-8-7-10-16(12-14)18-3/h7-8,10-12H,4-6,9H2,1-3H3/b15-11+. The Morgan fingerprint density at radius 3 is 2.72 bits per heavy atom. The molecule has 0 aromatic heterocycles. The van der Waals surface area contributed by atoms with E-state index in [9.17, 15) is 4.79 Å². The zero-order chi connectivity index (χ0) is 13.4. The lowest BCUT2D eigenvalue weighted by atomic mass is 10.0. The van der Waals surface area contributed by atoms with E-state index in [1.165, 1.54) is 12.8 Å². The van der Waals surface area contributed by atoms with Gasteiger partial charge in [0, 0.05) is 0 Å². The van der Waals surface area contributed by atoms with Gasteiger partial charge in [-0.15, -0.1) is 0 Å². The minimum Gasteiger partial charge on any atom is -0.497 e. The van der Waals surface area contributed by atoms with Crippen molar-refractivity contribution in [1.29, 1.82) is 0 Å². The molecule has 0 aliphatic heterocycles. The number of ketones is 1. The van der Waals surface area contributed by atoms with E-state index in [0.29, 0.717) is 0 Å². The molecule has 0 bridgehead atoms. The summed E-state index contributed by atoms with van der Waals surface area (Å²) in [5, 5.41) is 0. The Balaban J connectivity index is 2.82. The fourth-order valence-corrected chi connectivity index (χ4v) is 1.85. The van der Waals surface area contributed by atoms with Crippen molar-refractivity contribution in [1.82, 2.24) is 0 Å². The molecule has 0 saturated heterocycles. The SMILES string of the molecule is CCCCC/C(=C\c1cccc(OC)c1)C(C)=O. The molecule has 1 aromatic carbocycles. The predicted octanol–water partition coefficient (Wildman–Crippen LogP) is 4.25. The molecule has 2 heteroatoms. The third-order valence-electron chi connectivity index (χ3n) is 2.94. The van der Waals surface area contributed by atoms with Crippen molar-refractivity contribution in [2.24, 2.45) is 0 Å². The van der Waals surface area contributed by atoms with Crippen molar-refractivity contribution < 1.29 is 9.53 Å². The minimum atomic E-state index is 0.161. The maximum atomic E-state index is 11.6. The smallest absolute Gasteiger partial charge is 0.155 e. The average molecular weight is 246 g/mol. The normalized spacial score (nSPS) is 11.4. The van der Waals surface area contributed by atoms with Crippen LogP contribution in [0.25, 0.3) is 6.08 Å². The number of allylic oxidation sites excluding steroid dienone is 1. The molecule has 18 heavy (non-hydrogen) atoms. The van der Waals surface area contributed by atoms with Gasteiger partial charge in [0.25, 0.3) is 0 Å². The van der Waals surface area contributed by atoms with Crippen LogP contribution < -0.4 is 4.74 Å². The lowest BCUT2D eigenvalue weighted by molar-refractivity contribution is -0.113. The van der Waals surface area contributed by atoms with Crippen molar-refractivity contribution in [3.63, 3.8) is 0 Å². The number of rotatable bonds is 7. The predicted molar refractivity (Wildman–Crippen MR) is 75.8 cm³/mol. The number of carbonyl (C=O) groups is 1. The highest BCUT2D eigenvalue weighted by Crippen LogP contribution is 2.18. The first kappa shape index (κ1) is 14.5. The first-order valence-corrected chi connectivity index (χ1v) is 6.53. The van der Waals surface area contributed by atoms with Gasteiger partial charge in [0.05, 0.1) is 7.11 Å². The van der Waals surface area contributed by atoms with Crippen molar-refractivity contribution in [3.05, 3.63) is 35.4 Å². The second kappa shape index (κ2) is 7.70. The molecule has 1 aromatic rings. The zero-order valence-electron chi connectivity index (χ0n) is 11.5. The van der Waals surface area contributed by atoms with Gasteiger partial charge in [-0.25, -0.2) is 0 Å². The van der Waals surface area contributed by atoms with Gasteiger partial charge in [-0.2, -0.15) is 0 Å². The Kier molecular flexibility index (Phi) is 6.20. The van der Waals surface area contributed by atoms with Gasteiger partial charge >= 0.3 is 0 Å². The van der Waals surface area contributed by atoms with E-state index in [2.05, 4.69) is 6.92 Å². The summed E-state index contributed by atoms with van der Waals surface area (Å²) in [6, 6.07) is 7.78. The largest absolute Gasteiger partial charge is 0.497 e. The monoisotopic (exact) mass is 246 g/mol. The molecule has 0 spiro atoms. The van der Waals surface area contributed by atoms with Crippen LogP contribution in [0.5, 0.6) is 5.75 Å². The third kappa shape index (κ3) is 4.74. The van der Waals surface area contributed by atoms with Gasteiger partial charge in [-0.05, 0) is 49.1 Å². The number of benzene rings is 1. The highest BCUT2D eigenvalue weighted by Gasteiger charge is 2.04. The maximum absolute atomic E-state index is 11.6. The van der Waals surface area contributed by atoms with Crippen molar-refractivity contribution in [2.75, 3.05) is 7.11 Å². The van der Waals surface area contributed by atoms with Gasteiger partial charge in [0.15, 0.2) is 5.78 Å². The molecule has 1 rings (SSSR count). The first-order valence-electron chi connectivity index (χ1n) is 6.53. The van der Waals surface area contributed by atoms with Crippen LogP contribution in [0.2, 0.25) is 0 Å². The number of hydrogen-bond donors (Lipinski definition) is 0. The van der Waals surface area contributed by atoms with Crippen LogP contribution in [0.1, 0.15) is 45.1 Å². The number of hydrogen-bond acceptors (Lipinski definition) is 2. The Hall–Kier alpha value is -1.57. The molecule has 0 saturated carbocycles. The molecule has 0 aliphatic rings. The summed E-state index contributed by atoms with van der Waals surface area (Å²) in [6.07, 6.45) is 6.25. The van der Waals surface area contributed by atoms with Crippen LogP contribution in [-0.2, 0) is 4.79 Å². The van der Waals surface area contributed by atoms with Crippen LogP contribution in [0.4, 0.5) is 0 Å². The number of methoxy groups -OCH3 is 1. The molecule has 0 aliphatic carbocycles. The highest BCUT2D eigenvalue weighted by molar-refractivity contribution is 5.97. The third-order valence-corrected chi connectivity index (χ3v) is 2.94. The maximum Gasteiger partial charge on any atom is 0.155 e. The summed E-state index contributed by atoms with van der Waals surface area (Å²) in [7, 11) is 1.65. The minimum absolute atomic E-state index is 0.161. The number of unbranched alkanes of at least 4 members (excludes halogenated alkanes) is 2. The number of Topliss-reactive ketones (excluding diaryl/α,β-unsaturated/α-hetero) is 1. The summed E-state index contributed by atoms with van der Waals surface area (Å²) in [4.78, 5) is 11.6. The van der Waals surface area contributed by atoms with E-state index in [-0.39, 0.29) is 5.78 Å². The molecular formula is C16H22O2. The summed E-state index contributed by atoms with van der Waals surface area (Å²) in [6.45, 7) is 3.80. The molecule has 0 amide bonds. The van der Waals surface area contributed by atoms with Crippen LogP contribution in [0.15, 0.2) is 29.8 Å². The molecule has 0 radical (unpaired) electrons. The molecular weight excluding hydrogens is 224 g/mol. The molecule has 2 nitrogen and oxygen atoms in total. The Morgan fingerprint density at radius 2 is 2.11 bits per heavy atom. The molecule has 0 heterocycles. The fraction of sp³-hybridized carbons (Fsp3) is 0.438. The average Bonchev–Trinajstić information content (AvgIpc) is 2.38. The number of ether oxygens (including phenoxy) is 1. The van der Waals surface area contributed by atoms with Gasteiger partial charge in [0.1, 0.15) is 5.75 Å². The van der Waals surface area contributed by atoms with Gasteiger partial charge in [0.2, 0.25) is 0 Å². The summed E-state index contributed by atoms with van der Waals surface area (Å²) in [5.41, 5.74) is 1.92.